The summed E-state index contributed by atoms with van der Waals surface area (Å²) in [5, 5.41) is 26.4. The molecule has 45 heavy (non-hydrogen) atoms. The topological polar surface area (TPSA) is 139 Å². The van der Waals surface area contributed by atoms with E-state index >= 15 is 0 Å². The number of alkyl halides is 5. The molecule has 0 saturated heterocycles. The van der Waals surface area contributed by atoms with Crippen LogP contribution in [-0.2, 0) is 15.8 Å². The highest BCUT2D eigenvalue weighted by molar-refractivity contribution is 6.00. The number of amides is 1. The number of aliphatic hydroxyl groups is 1. The van der Waals surface area contributed by atoms with Crippen molar-refractivity contribution >= 4 is 23.1 Å². The first kappa shape index (κ1) is 31.3. The maximum absolute atomic E-state index is 14.7. The summed E-state index contributed by atoms with van der Waals surface area (Å²) in [6, 6.07) is 9.58. The number of methoxy groups -OCH3 is 1. The van der Waals surface area contributed by atoms with Gasteiger partial charge in [-0.1, -0.05) is 6.07 Å². The average molecular weight is 630 g/mol. The molecule has 2 aromatic heterocycles. The number of aromatic nitrogens is 3. The van der Waals surface area contributed by atoms with Gasteiger partial charge in [-0.05, 0) is 49.7 Å². The van der Waals surface area contributed by atoms with Crippen molar-refractivity contribution in [3.63, 3.8) is 0 Å². The van der Waals surface area contributed by atoms with Crippen molar-refractivity contribution < 1.29 is 46.1 Å². The Morgan fingerprint density at radius 2 is 2.02 bits per heavy atom. The molecule has 1 aliphatic heterocycles. The van der Waals surface area contributed by atoms with Gasteiger partial charge in [0.05, 0.1) is 36.4 Å². The average Bonchev–Trinajstić information content (AvgIpc) is 3.60. The number of nitrogens with zero attached hydrogens (tertiary/aromatic N) is 4. The van der Waals surface area contributed by atoms with E-state index in [1.54, 1.807) is 6.92 Å². The van der Waals surface area contributed by atoms with E-state index in [1.807, 2.05) is 6.07 Å². The second-order valence-corrected chi connectivity index (χ2v) is 10.7. The molecular weight excluding hydrogens is 605 g/mol. The van der Waals surface area contributed by atoms with Gasteiger partial charge in [0.25, 0.3) is 5.91 Å². The summed E-state index contributed by atoms with van der Waals surface area (Å²) in [6.45, 7) is -1.53. The highest BCUT2D eigenvalue weighted by Crippen LogP contribution is 2.47. The third kappa shape index (κ3) is 5.31. The van der Waals surface area contributed by atoms with Crippen LogP contribution >= 0.6 is 0 Å². The van der Waals surface area contributed by atoms with E-state index in [2.05, 4.69) is 15.4 Å². The molecule has 4 aromatic rings. The number of ether oxygens (including phenoxy) is 2. The van der Waals surface area contributed by atoms with E-state index in [0.29, 0.717) is 22.1 Å². The number of aryl methyl sites for hydroxylation is 1. The minimum atomic E-state index is -5.39. The number of aldehydes is 1. The van der Waals surface area contributed by atoms with Gasteiger partial charge in [0.15, 0.2) is 0 Å². The van der Waals surface area contributed by atoms with Crippen molar-refractivity contribution in [2.75, 3.05) is 20.3 Å². The summed E-state index contributed by atoms with van der Waals surface area (Å²) in [5.41, 5.74) is -5.32. The maximum atomic E-state index is 14.7. The van der Waals surface area contributed by atoms with Crippen molar-refractivity contribution in [3.05, 3.63) is 70.5 Å². The summed E-state index contributed by atoms with van der Waals surface area (Å²) in [4.78, 5) is 29.3. The molecule has 0 saturated carbocycles. The number of carbonyl (C=O) groups is 2. The van der Waals surface area contributed by atoms with Crippen molar-refractivity contribution in [2.45, 2.75) is 37.6 Å². The summed E-state index contributed by atoms with van der Waals surface area (Å²) < 4.78 is 81.6. The fourth-order valence-electron chi connectivity index (χ4n) is 5.00. The van der Waals surface area contributed by atoms with Gasteiger partial charge in [-0.15, -0.1) is 0 Å². The zero-order chi connectivity index (χ0) is 32.9. The molecule has 10 nitrogen and oxygen atoms in total. The Morgan fingerprint density at radius 1 is 1.29 bits per heavy atom. The summed E-state index contributed by atoms with van der Waals surface area (Å²) in [5.74, 6) is -1.14. The Hall–Kier alpha value is -5.10. The van der Waals surface area contributed by atoms with E-state index in [9.17, 15) is 41.9 Å². The second kappa shape index (κ2) is 11.1. The maximum Gasteiger partial charge on any atom is 0.424 e. The lowest BCUT2D eigenvalue weighted by atomic mass is 9.83. The number of carbonyl (C=O) groups excluding carboxylic acids is 2. The summed E-state index contributed by atoms with van der Waals surface area (Å²) in [7, 11) is 1.20. The number of nitrogens with one attached hydrogen (secondary N) is 1. The van der Waals surface area contributed by atoms with E-state index in [4.69, 9.17) is 9.47 Å². The molecule has 0 spiro atoms. The monoisotopic (exact) mass is 629 g/mol. The van der Waals surface area contributed by atoms with Crippen LogP contribution < -0.4 is 14.8 Å². The number of rotatable bonds is 8. The minimum absolute atomic E-state index is 0.00509. The number of hydrogen-bond acceptors (Lipinski definition) is 8. The first-order valence-corrected chi connectivity index (χ1v) is 13.2. The normalized spacial score (nSPS) is 17.4. The molecule has 1 aliphatic rings. The van der Waals surface area contributed by atoms with Gasteiger partial charge in [-0.25, -0.2) is 9.67 Å². The van der Waals surface area contributed by atoms with Gasteiger partial charge in [-0.2, -0.15) is 32.3 Å². The Morgan fingerprint density at radius 3 is 2.62 bits per heavy atom. The van der Waals surface area contributed by atoms with Crippen molar-refractivity contribution in [3.8, 4) is 28.8 Å². The second-order valence-electron chi connectivity index (χ2n) is 10.7. The molecule has 0 bridgehead atoms. The molecule has 5 rings (SSSR count). The Bertz CT molecular complexity index is 1890. The van der Waals surface area contributed by atoms with E-state index in [-0.39, 0.29) is 51.4 Å². The molecule has 234 valence electrons. The molecule has 1 amide bonds. The Balaban J connectivity index is 1.58. The Labute approximate surface area is 252 Å². The SMILES string of the molecule is COc1cc(C(=O)NC[C@](O)(c2cc3c(c(-c4ccc(C#N)c(C)c4)n2)OC[C@]3(C)C=O)C(F)(F)F)cc2cn(C(F)F)nc12. The number of hydrogen-bond donors (Lipinski definition) is 2. The van der Waals surface area contributed by atoms with Crippen LogP contribution in [0.3, 0.4) is 0 Å². The zero-order valence-electron chi connectivity index (χ0n) is 23.9. The lowest BCUT2D eigenvalue weighted by molar-refractivity contribution is -0.265. The van der Waals surface area contributed by atoms with Crippen LogP contribution in [0.4, 0.5) is 22.0 Å². The third-order valence-electron chi connectivity index (χ3n) is 7.66. The van der Waals surface area contributed by atoms with Gasteiger partial charge in [0.2, 0.25) is 5.60 Å². The Kier molecular flexibility index (Phi) is 7.74. The molecule has 0 radical (unpaired) electrons. The number of pyridine rings is 1. The fraction of sp³-hybridized carbons (Fsp3) is 0.300. The predicted molar refractivity (Wildman–Crippen MR) is 148 cm³/mol. The van der Waals surface area contributed by atoms with Crippen LogP contribution in [0, 0.1) is 18.3 Å². The molecule has 0 fully saturated rings. The quantitative estimate of drug-likeness (QED) is 0.211. The number of nitriles is 1. The smallest absolute Gasteiger partial charge is 0.424 e. The summed E-state index contributed by atoms with van der Waals surface area (Å²) in [6.07, 6.45) is -3.93. The van der Waals surface area contributed by atoms with Gasteiger partial charge in [0, 0.05) is 28.3 Å². The number of halogens is 5. The molecular formula is C30H24F5N5O5. The van der Waals surface area contributed by atoms with Crippen molar-refractivity contribution in [1.29, 1.82) is 5.26 Å². The van der Waals surface area contributed by atoms with Gasteiger partial charge < -0.3 is 24.7 Å². The highest BCUT2D eigenvalue weighted by Gasteiger charge is 2.57. The molecule has 15 heteroatoms. The molecule has 0 unspecified atom stereocenters. The standard InChI is InChI=1S/C30H24F5N5O5/c1-15-6-16(4-5-17(15)10-36)24-25-20(28(2,13-41)14-45-25)9-22(38-24)29(43,30(33,34)35)12-37-26(42)18-7-19-11-40(27(31)32)39-23(19)21(8-18)44-3/h4-9,11,13,27,43H,12,14H2,1-3H3,(H,37,42)/t28-,29-/m0/s1. The van der Waals surface area contributed by atoms with Crippen LogP contribution in [0.1, 0.15) is 46.2 Å². The zero-order valence-corrected chi connectivity index (χ0v) is 23.9. The van der Waals surface area contributed by atoms with Gasteiger partial charge in [-0.3, -0.25) is 4.79 Å². The van der Waals surface area contributed by atoms with Crippen LogP contribution in [0.15, 0.2) is 42.6 Å². The van der Waals surface area contributed by atoms with Crippen LogP contribution in [0.25, 0.3) is 22.2 Å². The fourth-order valence-corrected chi connectivity index (χ4v) is 5.00. The number of fused-ring (bicyclic) bond motifs is 2. The first-order chi connectivity index (χ1) is 21.2. The lowest BCUT2D eigenvalue weighted by Crippen LogP contribution is -2.51. The van der Waals surface area contributed by atoms with Crippen LogP contribution in [0.2, 0.25) is 0 Å². The lowest BCUT2D eigenvalue weighted by Gasteiger charge is -2.31. The van der Waals surface area contributed by atoms with Crippen molar-refractivity contribution in [2.24, 2.45) is 0 Å². The number of benzene rings is 2. The van der Waals surface area contributed by atoms with Gasteiger partial charge in [0.1, 0.15) is 35.6 Å². The first-order valence-electron chi connectivity index (χ1n) is 13.2. The van der Waals surface area contributed by atoms with Crippen LogP contribution in [-0.4, -0.2) is 58.5 Å². The summed E-state index contributed by atoms with van der Waals surface area (Å²) >= 11 is 0. The highest BCUT2D eigenvalue weighted by atomic mass is 19.4. The minimum Gasteiger partial charge on any atom is -0.494 e. The van der Waals surface area contributed by atoms with E-state index in [1.165, 1.54) is 32.2 Å². The largest absolute Gasteiger partial charge is 0.494 e. The third-order valence-corrected chi connectivity index (χ3v) is 7.66. The van der Waals surface area contributed by atoms with Crippen LogP contribution in [0.5, 0.6) is 11.5 Å². The molecule has 2 N–H and O–H groups in total. The molecule has 3 heterocycles. The predicted octanol–water partition coefficient (Wildman–Crippen LogP) is 4.71. The molecule has 2 atom stereocenters. The van der Waals surface area contributed by atoms with Gasteiger partial charge >= 0.3 is 12.7 Å². The molecule has 2 aromatic carbocycles. The van der Waals surface area contributed by atoms with E-state index in [0.717, 1.165) is 24.4 Å². The molecule has 0 aliphatic carbocycles. The van der Waals surface area contributed by atoms with E-state index < -0.39 is 41.9 Å². The van der Waals surface area contributed by atoms with Crippen molar-refractivity contribution in [1.82, 2.24) is 20.1 Å².